The molecule has 0 amide bonds. The van der Waals surface area contributed by atoms with Gasteiger partial charge in [0.1, 0.15) is 0 Å². The van der Waals surface area contributed by atoms with Crippen LogP contribution in [0, 0.1) is 30.9 Å². The molecule has 0 spiro atoms. The van der Waals surface area contributed by atoms with Gasteiger partial charge in [-0.2, -0.15) is 0 Å². The molecule has 0 aliphatic carbocycles. The first kappa shape index (κ1) is 12.2. The molecule has 1 N–H and O–H groups in total. The number of anilines is 1. The Morgan fingerprint density at radius 3 is 2.25 bits per heavy atom. The summed E-state index contributed by atoms with van der Waals surface area (Å²) in [4.78, 5) is 9.86. The van der Waals surface area contributed by atoms with Gasteiger partial charge in [-0.25, -0.2) is 0 Å². The molecular formula is C12H16N2O2. The van der Waals surface area contributed by atoms with Crippen LogP contribution >= 0.6 is 0 Å². The number of hydrogen-bond donors (Lipinski definition) is 1. The maximum absolute atomic E-state index is 10.3. The Bertz CT molecular complexity index is 427. The lowest BCUT2D eigenvalue weighted by molar-refractivity contribution is -0.403. The molecule has 0 bridgehead atoms. The van der Waals surface area contributed by atoms with Crippen molar-refractivity contribution < 1.29 is 4.92 Å². The van der Waals surface area contributed by atoms with Crippen LogP contribution in [0.2, 0.25) is 0 Å². The molecule has 0 aliphatic rings. The minimum Gasteiger partial charge on any atom is -0.354 e. The first-order chi connectivity index (χ1) is 7.40. The van der Waals surface area contributed by atoms with Crippen molar-refractivity contribution >= 4 is 5.69 Å². The SMILES string of the molecule is C/C(=C\[N+](=O)[O-])Nc1c(C)cc(C)cc1C. The third-order valence-electron chi connectivity index (χ3n) is 2.30. The van der Waals surface area contributed by atoms with Gasteiger partial charge in [0.2, 0.25) is 0 Å². The molecule has 4 nitrogen and oxygen atoms in total. The van der Waals surface area contributed by atoms with Crippen LogP contribution in [0.1, 0.15) is 23.6 Å². The number of hydrogen-bond acceptors (Lipinski definition) is 3. The van der Waals surface area contributed by atoms with Crippen LogP contribution in [0.4, 0.5) is 5.69 Å². The zero-order valence-electron chi connectivity index (χ0n) is 10.00. The third kappa shape index (κ3) is 3.08. The molecule has 86 valence electrons. The van der Waals surface area contributed by atoms with Crippen LogP contribution in [-0.4, -0.2) is 4.92 Å². The van der Waals surface area contributed by atoms with E-state index in [0.717, 1.165) is 23.0 Å². The van der Waals surface area contributed by atoms with Gasteiger partial charge in [-0.15, -0.1) is 0 Å². The van der Waals surface area contributed by atoms with Crippen molar-refractivity contribution in [2.75, 3.05) is 5.32 Å². The fourth-order valence-corrected chi connectivity index (χ4v) is 1.76. The standard InChI is InChI=1S/C12H16N2O2/c1-8-5-9(2)12(10(3)6-8)13-11(4)7-14(15)16/h5-7,13H,1-4H3/b11-7+. The smallest absolute Gasteiger partial charge is 0.253 e. The van der Waals surface area contributed by atoms with Crippen LogP contribution in [0.5, 0.6) is 0 Å². The van der Waals surface area contributed by atoms with Crippen LogP contribution in [-0.2, 0) is 0 Å². The van der Waals surface area contributed by atoms with Gasteiger partial charge in [0.05, 0.1) is 10.6 Å². The molecule has 1 aromatic rings. The highest BCUT2D eigenvalue weighted by Crippen LogP contribution is 2.23. The average Bonchev–Trinajstić information content (AvgIpc) is 2.09. The van der Waals surface area contributed by atoms with Gasteiger partial charge in [0, 0.05) is 5.69 Å². The lowest BCUT2D eigenvalue weighted by atomic mass is 10.1. The fraction of sp³-hybridized carbons (Fsp3) is 0.333. The Morgan fingerprint density at radius 1 is 1.31 bits per heavy atom. The van der Waals surface area contributed by atoms with Gasteiger partial charge < -0.3 is 5.32 Å². The van der Waals surface area contributed by atoms with Crippen molar-refractivity contribution in [3.8, 4) is 0 Å². The number of rotatable bonds is 3. The molecule has 0 heterocycles. The molecule has 0 atom stereocenters. The highest BCUT2D eigenvalue weighted by Gasteiger charge is 2.05. The number of benzene rings is 1. The largest absolute Gasteiger partial charge is 0.354 e. The second-order valence-electron chi connectivity index (χ2n) is 4.00. The minimum absolute atomic E-state index is 0.457. The molecule has 1 aromatic carbocycles. The fourth-order valence-electron chi connectivity index (χ4n) is 1.76. The van der Waals surface area contributed by atoms with E-state index in [4.69, 9.17) is 0 Å². The van der Waals surface area contributed by atoms with Crippen LogP contribution in [0.25, 0.3) is 0 Å². The summed E-state index contributed by atoms with van der Waals surface area (Å²) in [6, 6.07) is 4.10. The van der Waals surface area contributed by atoms with Crippen molar-refractivity contribution in [1.29, 1.82) is 0 Å². The summed E-state index contributed by atoms with van der Waals surface area (Å²) in [7, 11) is 0. The topological polar surface area (TPSA) is 55.2 Å². The Morgan fingerprint density at radius 2 is 1.81 bits per heavy atom. The molecular weight excluding hydrogens is 204 g/mol. The summed E-state index contributed by atoms with van der Waals surface area (Å²) in [6.45, 7) is 7.69. The monoisotopic (exact) mass is 220 g/mol. The van der Waals surface area contributed by atoms with Crippen molar-refractivity contribution in [2.24, 2.45) is 0 Å². The molecule has 0 saturated carbocycles. The molecule has 0 aliphatic heterocycles. The summed E-state index contributed by atoms with van der Waals surface area (Å²) < 4.78 is 0. The molecule has 0 unspecified atom stereocenters. The minimum atomic E-state index is -0.457. The molecule has 0 saturated heterocycles. The summed E-state index contributed by atoms with van der Waals surface area (Å²) in [5, 5.41) is 13.4. The summed E-state index contributed by atoms with van der Waals surface area (Å²) in [5.74, 6) is 0. The average molecular weight is 220 g/mol. The zero-order chi connectivity index (χ0) is 12.3. The van der Waals surface area contributed by atoms with Crippen molar-refractivity contribution in [2.45, 2.75) is 27.7 Å². The summed E-state index contributed by atoms with van der Waals surface area (Å²) in [5.41, 5.74) is 4.85. The Hall–Kier alpha value is -1.84. The zero-order valence-corrected chi connectivity index (χ0v) is 10.00. The van der Waals surface area contributed by atoms with Gasteiger partial charge in [-0.05, 0) is 38.8 Å². The number of aryl methyl sites for hydroxylation is 3. The van der Waals surface area contributed by atoms with E-state index in [1.54, 1.807) is 6.92 Å². The summed E-state index contributed by atoms with van der Waals surface area (Å²) in [6.07, 6.45) is 0.971. The van der Waals surface area contributed by atoms with Gasteiger partial charge in [-0.1, -0.05) is 17.7 Å². The van der Waals surface area contributed by atoms with E-state index in [2.05, 4.69) is 17.4 Å². The van der Waals surface area contributed by atoms with E-state index in [-0.39, 0.29) is 0 Å². The number of nitrogens with zero attached hydrogens (tertiary/aromatic N) is 1. The first-order valence-electron chi connectivity index (χ1n) is 5.07. The number of nitro groups is 1. The van der Waals surface area contributed by atoms with E-state index in [1.165, 1.54) is 5.56 Å². The lowest BCUT2D eigenvalue weighted by Crippen LogP contribution is -2.02. The number of allylic oxidation sites excluding steroid dienone is 1. The van der Waals surface area contributed by atoms with Crippen LogP contribution in [0.15, 0.2) is 24.0 Å². The highest BCUT2D eigenvalue weighted by atomic mass is 16.6. The molecule has 0 aromatic heterocycles. The van der Waals surface area contributed by atoms with Crippen LogP contribution < -0.4 is 5.32 Å². The Kier molecular flexibility index (Phi) is 3.66. The van der Waals surface area contributed by atoms with E-state index in [9.17, 15) is 10.1 Å². The highest BCUT2D eigenvalue weighted by molar-refractivity contribution is 5.60. The first-order valence-corrected chi connectivity index (χ1v) is 5.07. The van der Waals surface area contributed by atoms with E-state index in [1.807, 2.05) is 20.8 Å². The second-order valence-corrected chi connectivity index (χ2v) is 4.00. The van der Waals surface area contributed by atoms with Crippen molar-refractivity contribution in [3.63, 3.8) is 0 Å². The van der Waals surface area contributed by atoms with Crippen molar-refractivity contribution in [3.05, 3.63) is 50.8 Å². The molecule has 4 heteroatoms. The normalized spacial score (nSPS) is 11.4. The molecule has 16 heavy (non-hydrogen) atoms. The quantitative estimate of drug-likeness (QED) is 0.628. The predicted octanol–water partition coefficient (Wildman–Crippen LogP) is 3.16. The molecule has 0 fully saturated rings. The van der Waals surface area contributed by atoms with E-state index in [0.29, 0.717) is 5.70 Å². The molecule has 1 rings (SSSR count). The maximum atomic E-state index is 10.3. The lowest BCUT2D eigenvalue weighted by Gasteiger charge is -2.12. The summed E-state index contributed by atoms with van der Waals surface area (Å²) >= 11 is 0. The van der Waals surface area contributed by atoms with E-state index >= 15 is 0 Å². The molecule has 0 radical (unpaired) electrons. The van der Waals surface area contributed by atoms with Gasteiger partial charge in [0.25, 0.3) is 6.20 Å². The second kappa shape index (κ2) is 4.79. The van der Waals surface area contributed by atoms with Crippen LogP contribution in [0.3, 0.4) is 0 Å². The van der Waals surface area contributed by atoms with Gasteiger partial charge in [0.15, 0.2) is 0 Å². The van der Waals surface area contributed by atoms with Gasteiger partial charge >= 0.3 is 0 Å². The van der Waals surface area contributed by atoms with Gasteiger partial charge in [-0.3, -0.25) is 10.1 Å². The predicted molar refractivity (Wildman–Crippen MR) is 65.0 cm³/mol. The van der Waals surface area contributed by atoms with Crippen molar-refractivity contribution in [1.82, 2.24) is 0 Å². The Balaban J connectivity index is 3.02. The number of nitrogens with one attached hydrogen (secondary N) is 1. The third-order valence-corrected chi connectivity index (χ3v) is 2.30. The maximum Gasteiger partial charge on any atom is 0.253 e. The van der Waals surface area contributed by atoms with E-state index < -0.39 is 4.92 Å². The Labute approximate surface area is 95.1 Å².